The summed E-state index contributed by atoms with van der Waals surface area (Å²) in [5, 5.41) is 1.52. The van der Waals surface area contributed by atoms with Crippen LogP contribution in [0.4, 0.5) is 0 Å². The topological polar surface area (TPSA) is 39.2 Å². The molecule has 0 saturated carbocycles. The van der Waals surface area contributed by atoms with E-state index in [0.717, 1.165) is 21.5 Å². The summed E-state index contributed by atoms with van der Waals surface area (Å²) < 4.78 is 5.73. The molecule has 3 nitrogen and oxygen atoms in total. The third kappa shape index (κ3) is 2.15. The van der Waals surface area contributed by atoms with E-state index in [1.165, 1.54) is 11.3 Å². The zero-order valence-corrected chi connectivity index (χ0v) is 13.3. The van der Waals surface area contributed by atoms with E-state index in [1.54, 1.807) is 6.92 Å². The van der Waals surface area contributed by atoms with Crippen molar-refractivity contribution in [2.75, 3.05) is 6.61 Å². The van der Waals surface area contributed by atoms with E-state index >= 15 is 0 Å². The van der Waals surface area contributed by atoms with E-state index in [9.17, 15) is 4.79 Å². The number of thiophene rings is 1. The van der Waals surface area contributed by atoms with Gasteiger partial charge < -0.3 is 4.74 Å². The van der Waals surface area contributed by atoms with Gasteiger partial charge in [-0.1, -0.05) is 11.6 Å². The molecular weight excluding hydrogens is 338 g/mol. The zero-order valence-electron chi connectivity index (χ0n) is 10.1. The molecular formula is C12H11BrClNO2S. The molecule has 18 heavy (non-hydrogen) atoms. The van der Waals surface area contributed by atoms with Crippen LogP contribution >= 0.6 is 38.9 Å². The Balaban J connectivity index is 2.71. The SMILES string of the molecule is CCOC(=O)c1sc2nc(C)c(Cl)c(C)c2c1Br. The second-order valence-corrected chi connectivity index (χ2v) is 5.95. The van der Waals surface area contributed by atoms with Gasteiger partial charge in [-0.15, -0.1) is 11.3 Å². The monoisotopic (exact) mass is 347 g/mol. The van der Waals surface area contributed by atoms with Gasteiger partial charge in [-0.3, -0.25) is 0 Å². The van der Waals surface area contributed by atoms with E-state index in [2.05, 4.69) is 20.9 Å². The van der Waals surface area contributed by atoms with E-state index in [0.29, 0.717) is 21.0 Å². The second-order valence-electron chi connectivity index (χ2n) is 3.78. The van der Waals surface area contributed by atoms with E-state index in [-0.39, 0.29) is 5.97 Å². The normalized spacial score (nSPS) is 10.9. The highest BCUT2D eigenvalue weighted by molar-refractivity contribution is 9.10. The summed E-state index contributed by atoms with van der Waals surface area (Å²) in [5.41, 5.74) is 1.70. The third-order valence-corrected chi connectivity index (χ3v) is 5.26. The maximum Gasteiger partial charge on any atom is 0.349 e. The quantitative estimate of drug-likeness (QED) is 0.750. The van der Waals surface area contributed by atoms with Crippen molar-refractivity contribution in [3.8, 4) is 0 Å². The van der Waals surface area contributed by atoms with Crippen molar-refractivity contribution in [2.24, 2.45) is 0 Å². The fraction of sp³-hybridized carbons (Fsp3) is 0.333. The van der Waals surface area contributed by atoms with Crippen LogP contribution < -0.4 is 0 Å². The standard InChI is InChI=1S/C12H11BrClNO2S/c1-4-17-12(16)10-8(13)7-5(2)9(14)6(3)15-11(7)18-10/h4H2,1-3H3. The van der Waals surface area contributed by atoms with Crippen molar-refractivity contribution < 1.29 is 9.53 Å². The lowest BCUT2D eigenvalue weighted by molar-refractivity contribution is 0.0531. The number of aryl methyl sites for hydroxylation is 2. The predicted octanol–water partition coefficient (Wildman–Crippen LogP) is 4.51. The van der Waals surface area contributed by atoms with Crippen LogP contribution in [0.25, 0.3) is 10.2 Å². The minimum absolute atomic E-state index is 0.333. The van der Waals surface area contributed by atoms with Gasteiger partial charge in [0.1, 0.15) is 9.71 Å². The Bertz CT molecular complexity index is 639. The van der Waals surface area contributed by atoms with Crippen LogP contribution in [-0.4, -0.2) is 17.6 Å². The van der Waals surface area contributed by atoms with Crippen LogP contribution in [0.15, 0.2) is 4.47 Å². The van der Waals surface area contributed by atoms with Crippen molar-refractivity contribution in [1.82, 2.24) is 4.98 Å². The summed E-state index contributed by atoms with van der Waals surface area (Å²) in [7, 11) is 0. The summed E-state index contributed by atoms with van der Waals surface area (Å²) in [4.78, 5) is 17.5. The number of ether oxygens (including phenoxy) is 1. The third-order valence-electron chi connectivity index (χ3n) is 2.58. The lowest BCUT2D eigenvalue weighted by Crippen LogP contribution is -2.02. The molecule has 0 N–H and O–H groups in total. The minimum Gasteiger partial charge on any atom is -0.462 e. The smallest absolute Gasteiger partial charge is 0.349 e. The van der Waals surface area contributed by atoms with Crippen LogP contribution in [-0.2, 0) is 4.74 Å². The van der Waals surface area contributed by atoms with Crippen molar-refractivity contribution in [3.05, 3.63) is 25.6 Å². The first-order valence-corrected chi connectivity index (χ1v) is 7.37. The van der Waals surface area contributed by atoms with Crippen LogP contribution in [0.5, 0.6) is 0 Å². The Hall–Kier alpha value is -0.650. The molecule has 0 radical (unpaired) electrons. The fourth-order valence-electron chi connectivity index (χ4n) is 1.71. The summed E-state index contributed by atoms with van der Waals surface area (Å²) >= 11 is 10.9. The molecule has 96 valence electrons. The minimum atomic E-state index is -0.333. The number of aromatic nitrogens is 1. The first kappa shape index (κ1) is 13.8. The number of hydrogen-bond donors (Lipinski definition) is 0. The Kier molecular flexibility index (Phi) is 3.94. The molecule has 0 spiro atoms. The molecule has 0 fully saturated rings. The summed E-state index contributed by atoms with van der Waals surface area (Å²) in [6.45, 7) is 5.91. The number of carbonyl (C=O) groups excluding carboxylic acids is 1. The first-order chi connectivity index (χ1) is 8.47. The molecule has 0 saturated heterocycles. The van der Waals surface area contributed by atoms with Crippen molar-refractivity contribution >= 4 is 55.1 Å². The highest BCUT2D eigenvalue weighted by Gasteiger charge is 2.21. The van der Waals surface area contributed by atoms with E-state index in [4.69, 9.17) is 16.3 Å². The Morgan fingerprint density at radius 3 is 2.78 bits per heavy atom. The number of rotatable bonds is 2. The van der Waals surface area contributed by atoms with Gasteiger partial charge in [0.05, 0.1) is 21.8 Å². The number of pyridine rings is 1. The highest BCUT2D eigenvalue weighted by atomic mass is 79.9. The van der Waals surface area contributed by atoms with Gasteiger partial charge in [0.15, 0.2) is 0 Å². The van der Waals surface area contributed by atoms with Gasteiger partial charge in [0, 0.05) is 5.39 Å². The van der Waals surface area contributed by atoms with Gasteiger partial charge in [0.25, 0.3) is 0 Å². The van der Waals surface area contributed by atoms with Gasteiger partial charge >= 0.3 is 5.97 Å². The second kappa shape index (κ2) is 5.15. The Morgan fingerprint density at radius 1 is 1.50 bits per heavy atom. The predicted molar refractivity (Wildman–Crippen MR) is 77.8 cm³/mol. The molecule has 0 aliphatic carbocycles. The fourth-order valence-corrected chi connectivity index (χ4v) is 3.94. The number of carbonyl (C=O) groups is 1. The largest absolute Gasteiger partial charge is 0.462 e. The Labute approximate surface area is 122 Å². The van der Waals surface area contributed by atoms with Crippen LogP contribution in [0.3, 0.4) is 0 Å². The first-order valence-electron chi connectivity index (χ1n) is 5.39. The molecule has 2 aromatic heterocycles. The zero-order chi connectivity index (χ0) is 13.4. The maximum atomic E-state index is 11.8. The molecule has 0 bridgehead atoms. The number of nitrogens with zero attached hydrogens (tertiary/aromatic N) is 1. The number of fused-ring (bicyclic) bond motifs is 1. The van der Waals surface area contributed by atoms with Gasteiger partial charge in [-0.2, -0.15) is 0 Å². The average Bonchev–Trinajstić information content (AvgIpc) is 2.64. The van der Waals surface area contributed by atoms with Gasteiger partial charge in [-0.25, -0.2) is 9.78 Å². The number of halogens is 2. The number of hydrogen-bond acceptors (Lipinski definition) is 4. The molecule has 2 heterocycles. The van der Waals surface area contributed by atoms with Gasteiger partial charge in [-0.05, 0) is 42.3 Å². The molecule has 6 heteroatoms. The maximum absolute atomic E-state index is 11.8. The van der Waals surface area contributed by atoms with Crippen LogP contribution in [0.2, 0.25) is 5.02 Å². The van der Waals surface area contributed by atoms with Crippen LogP contribution in [0, 0.1) is 13.8 Å². The molecule has 0 atom stereocenters. The molecule has 2 aromatic rings. The Morgan fingerprint density at radius 2 is 2.17 bits per heavy atom. The lowest BCUT2D eigenvalue weighted by atomic mass is 10.2. The average molecular weight is 349 g/mol. The lowest BCUT2D eigenvalue weighted by Gasteiger charge is -2.03. The molecule has 0 aromatic carbocycles. The molecule has 0 aliphatic rings. The van der Waals surface area contributed by atoms with Gasteiger partial charge in [0.2, 0.25) is 0 Å². The number of esters is 1. The van der Waals surface area contributed by atoms with E-state index < -0.39 is 0 Å². The van der Waals surface area contributed by atoms with Crippen molar-refractivity contribution in [2.45, 2.75) is 20.8 Å². The summed E-state index contributed by atoms with van der Waals surface area (Å²) in [6, 6.07) is 0. The summed E-state index contributed by atoms with van der Waals surface area (Å²) in [5.74, 6) is -0.333. The van der Waals surface area contributed by atoms with Crippen LogP contribution in [0.1, 0.15) is 27.9 Å². The van der Waals surface area contributed by atoms with Crippen molar-refractivity contribution in [3.63, 3.8) is 0 Å². The van der Waals surface area contributed by atoms with E-state index in [1.807, 2.05) is 13.8 Å². The highest BCUT2D eigenvalue weighted by Crippen LogP contribution is 2.39. The molecule has 0 amide bonds. The van der Waals surface area contributed by atoms with Crippen molar-refractivity contribution in [1.29, 1.82) is 0 Å². The molecule has 0 unspecified atom stereocenters. The summed E-state index contributed by atoms with van der Waals surface area (Å²) in [6.07, 6.45) is 0. The molecule has 2 rings (SSSR count). The molecule has 0 aliphatic heterocycles.